The van der Waals surface area contributed by atoms with Crippen LogP contribution in [-0.2, 0) is 11.2 Å². The Morgan fingerprint density at radius 3 is 2.65 bits per heavy atom. The summed E-state index contributed by atoms with van der Waals surface area (Å²) in [5, 5.41) is 6.23. The predicted octanol–water partition coefficient (Wildman–Crippen LogP) is 4.70. The standard InChI is InChI=1S/C26H23ClN2O5/c1-32-22-8-6-16(13-23(22)33-2)10-11-28-25(30)18-7-9-21-20(15-18)29-26(31)24(34-21)14-17-4-3-5-19(27)12-17/h3-9,12-15H,10-11H2,1-2H3,(H,28,30)(H,29,31). The van der Waals surface area contributed by atoms with E-state index < -0.39 is 5.91 Å². The molecule has 0 saturated heterocycles. The summed E-state index contributed by atoms with van der Waals surface area (Å²) in [6.07, 6.45) is 2.23. The van der Waals surface area contributed by atoms with Crippen LogP contribution in [0.4, 0.5) is 5.69 Å². The third-order valence-electron chi connectivity index (χ3n) is 5.23. The van der Waals surface area contributed by atoms with Crippen molar-refractivity contribution < 1.29 is 23.8 Å². The molecule has 0 radical (unpaired) electrons. The Morgan fingerprint density at radius 2 is 1.88 bits per heavy atom. The monoisotopic (exact) mass is 478 g/mol. The Bertz CT molecular complexity index is 1270. The molecule has 2 amide bonds. The lowest BCUT2D eigenvalue weighted by atomic mass is 10.1. The average Bonchev–Trinajstić information content (AvgIpc) is 2.84. The van der Waals surface area contributed by atoms with Crippen LogP contribution < -0.4 is 24.8 Å². The Labute approximate surface area is 202 Å². The van der Waals surface area contributed by atoms with E-state index >= 15 is 0 Å². The van der Waals surface area contributed by atoms with Gasteiger partial charge in [0, 0.05) is 17.1 Å². The maximum atomic E-state index is 12.6. The van der Waals surface area contributed by atoms with Gasteiger partial charge in [-0.3, -0.25) is 9.59 Å². The van der Waals surface area contributed by atoms with Crippen LogP contribution in [0.2, 0.25) is 5.02 Å². The van der Waals surface area contributed by atoms with E-state index in [1.807, 2.05) is 24.3 Å². The summed E-state index contributed by atoms with van der Waals surface area (Å²) in [4.78, 5) is 25.1. The Kier molecular flexibility index (Phi) is 7.04. The lowest BCUT2D eigenvalue weighted by Gasteiger charge is -2.20. The van der Waals surface area contributed by atoms with Crippen molar-refractivity contribution in [3.63, 3.8) is 0 Å². The van der Waals surface area contributed by atoms with Crippen LogP contribution in [0.15, 0.2) is 66.4 Å². The number of carbonyl (C=O) groups excluding carboxylic acids is 2. The number of halogens is 1. The molecular formula is C26H23ClN2O5. The van der Waals surface area contributed by atoms with Gasteiger partial charge in [-0.25, -0.2) is 0 Å². The third-order valence-corrected chi connectivity index (χ3v) is 5.46. The quantitative estimate of drug-likeness (QED) is 0.481. The maximum Gasteiger partial charge on any atom is 0.291 e. The fourth-order valence-electron chi connectivity index (χ4n) is 3.51. The van der Waals surface area contributed by atoms with Gasteiger partial charge in [0.2, 0.25) is 0 Å². The molecule has 3 aromatic carbocycles. The first-order valence-corrected chi connectivity index (χ1v) is 10.9. The van der Waals surface area contributed by atoms with Crippen LogP contribution in [0.1, 0.15) is 21.5 Å². The lowest BCUT2D eigenvalue weighted by molar-refractivity contribution is -0.115. The van der Waals surface area contributed by atoms with E-state index in [2.05, 4.69) is 10.6 Å². The van der Waals surface area contributed by atoms with Gasteiger partial charge in [-0.15, -0.1) is 0 Å². The van der Waals surface area contributed by atoms with E-state index in [4.69, 9.17) is 25.8 Å². The van der Waals surface area contributed by atoms with E-state index in [0.29, 0.717) is 46.5 Å². The number of benzene rings is 3. The van der Waals surface area contributed by atoms with Gasteiger partial charge in [0.1, 0.15) is 0 Å². The number of nitrogens with one attached hydrogen (secondary N) is 2. The number of fused-ring (bicyclic) bond motifs is 1. The molecule has 0 spiro atoms. The Balaban J connectivity index is 1.40. The smallest absolute Gasteiger partial charge is 0.291 e. The summed E-state index contributed by atoms with van der Waals surface area (Å²) < 4.78 is 16.3. The zero-order chi connectivity index (χ0) is 24.1. The molecule has 0 aromatic heterocycles. The fraction of sp³-hybridized carbons (Fsp3) is 0.154. The van der Waals surface area contributed by atoms with Gasteiger partial charge in [0.05, 0.1) is 19.9 Å². The molecule has 1 aliphatic rings. The van der Waals surface area contributed by atoms with Crippen molar-refractivity contribution in [2.75, 3.05) is 26.1 Å². The highest BCUT2D eigenvalue weighted by Gasteiger charge is 2.23. The zero-order valence-corrected chi connectivity index (χ0v) is 19.4. The highest BCUT2D eigenvalue weighted by atomic mass is 35.5. The second-order valence-corrected chi connectivity index (χ2v) is 7.96. The number of ether oxygens (including phenoxy) is 3. The number of amides is 2. The molecule has 8 heteroatoms. The number of rotatable bonds is 7. The molecule has 0 bridgehead atoms. The summed E-state index contributed by atoms with van der Waals surface area (Å²) >= 11 is 6.00. The first-order chi connectivity index (χ1) is 16.5. The highest BCUT2D eigenvalue weighted by molar-refractivity contribution is 6.30. The molecule has 0 atom stereocenters. The van der Waals surface area contributed by atoms with Crippen LogP contribution in [-0.4, -0.2) is 32.6 Å². The SMILES string of the molecule is COc1ccc(CCNC(=O)c2ccc3c(c2)NC(=O)C(=Cc2cccc(Cl)c2)O3)cc1OC. The molecule has 0 unspecified atom stereocenters. The summed E-state index contributed by atoms with van der Waals surface area (Å²) in [5.41, 5.74) is 2.59. The minimum atomic E-state index is -0.404. The topological polar surface area (TPSA) is 85.9 Å². The van der Waals surface area contributed by atoms with E-state index in [0.717, 1.165) is 11.1 Å². The molecule has 7 nitrogen and oxygen atoms in total. The van der Waals surface area contributed by atoms with Gasteiger partial charge < -0.3 is 24.8 Å². The number of hydrogen-bond acceptors (Lipinski definition) is 5. The van der Waals surface area contributed by atoms with Crippen molar-refractivity contribution in [2.24, 2.45) is 0 Å². The van der Waals surface area contributed by atoms with Gasteiger partial charge in [0.25, 0.3) is 11.8 Å². The molecular weight excluding hydrogens is 456 g/mol. The van der Waals surface area contributed by atoms with Crippen LogP contribution in [0.5, 0.6) is 17.2 Å². The second kappa shape index (κ2) is 10.3. The van der Waals surface area contributed by atoms with Crippen molar-refractivity contribution in [3.05, 3.63) is 88.1 Å². The summed E-state index contributed by atoms with van der Waals surface area (Å²) in [7, 11) is 3.16. The van der Waals surface area contributed by atoms with E-state index in [1.165, 1.54) is 0 Å². The molecule has 2 N–H and O–H groups in total. The van der Waals surface area contributed by atoms with Crippen molar-refractivity contribution in [3.8, 4) is 17.2 Å². The number of carbonyl (C=O) groups is 2. The van der Waals surface area contributed by atoms with Crippen molar-refractivity contribution >= 4 is 35.2 Å². The average molecular weight is 479 g/mol. The minimum Gasteiger partial charge on any atom is -0.493 e. The van der Waals surface area contributed by atoms with Crippen LogP contribution in [0.3, 0.4) is 0 Å². The van der Waals surface area contributed by atoms with Crippen molar-refractivity contribution in [1.82, 2.24) is 5.32 Å². The third kappa shape index (κ3) is 5.32. The summed E-state index contributed by atoms with van der Waals surface area (Å²) in [5.74, 6) is 1.23. The first kappa shape index (κ1) is 23.2. The largest absolute Gasteiger partial charge is 0.493 e. The van der Waals surface area contributed by atoms with E-state index in [1.54, 1.807) is 56.7 Å². The molecule has 1 heterocycles. The van der Waals surface area contributed by atoms with Gasteiger partial charge in [-0.1, -0.05) is 29.8 Å². The van der Waals surface area contributed by atoms with E-state index in [-0.39, 0.29) is 11.7 Å². The minimum absolute atomic E-state index is 0.141. The van der Waals surface area contributed by atoms with Gasteiger partial charge >= 0.3 is 0 Å². The molecule has 174 valence electrons. The Morgan fingerprint density at radius 1 is 1.06 bits per heavy atom. The van der Waals surface area contributed by atoms with Crippen LogP contribution in [0, 0.1) is 0 Å². The molecule has 0 aliphatic carbocycles. The molecule has 4 rings (SSSR count). The zero-order valence-electron chi connectivity index (χ0n) is 18.7. The fourth-order valence-corrected chi connectivity index (χ4v) is 3.71. The van der Waals surface area contributed by atoms with E-state index in [9.17, 15) is 9.59 Å². The lowest BCUT2D eigenvalue weighted by Crippen LogP contribution is -2.27. The second-order valence-electron chi connectivity index (χ2n) is 7.53. The number of hydrogen-bond donors (Lipinski definition) is 2. The molecule has 3 aromatic rings. The van der Waals surface area contributed by atoms with Crippen LogP contribution >= 0.6 is 11.6 Å². The van der Waals surface area contributed by atoms with Crippen LogP contribution in [0.25, 0.3) is 6.08 Å². The number of methoxy groups -OCH3 is 2. The summed E-state index contributed by atoms with van der Waals surface area (Å²) in [6.45, 7) is 0.431. The predicted molar refractivity (Wildman–Crippen MR) is 131 cm³/mol. The highest BCUT2D eigenvalue weighted by Crippen LogP contribution is 2.32. The van der Waals surface area contributed by atoms with Gasteiger partial charge in [-0.2, -0.15) is 0 Å². The normalized spacial score (nSPS) is 13.5. The summed E-state index contributed by atoms with van der Waals surface area (Å²) in [6, 6.07) is 17.6. The molecule has 1 aliphatic heterocycles. The Hall–Kier alpha value is -3.97. The molecule has 0 fully saturated rings. The number of anilines is 1. The van der Waals surface area contributed by atoms with Gasteiger partial charge in [0.15, 0.2) is 23.0 Å². The maximum absolute atomic E-state index is 12.6. The first-order valence-electron chi connectivity index (χ1n) is 10.6. The molecule has 34 heavy (non-hydrogen) atoms. The van der Waals surface area contributed by atoms with Crippen molar-refractivity contribution in [1.29, 1.82) is 0 Å². The molecule has 0 saturated carbocycles. The van der Waals surface area contributed by atoms with Gasteiger partial charge in [-0.05, 0) is 66.1 Å². The van der Waals surface area contributed by atoms with Crippen molar-refractivity contribution in [2.45, 2.75) is 6.42 Å².